The highest BCUT2D eigenvalue weighted by Crippen LogP contribution is 2.39. The first-order valence-corrected chi connectivity index (χ1v) is 10.8. The van der Waals surface area contributed by atoms with E-state index in [1.807, 2.05) is 42.4 Å². The van der Waals surface area contributed by atoms with Gasteiger partial charge < -0.3 is 5.11 Å². The maximum Gasteiger partial charge on any atom is 0.215 e. The lowest BCUT2D eigenvalue weighted by Gasteiger charge is -2.08. The van der Waals surface area contributed by atoms with Gasteiger partial charge in [-0.25, -0.2) is 4.98 Å². The highest BCUT2D eigenvalue weighted by Gasteiger charge is 2.17. The van der Waals surface area contributed by atoms with Gasteiger partial charge in [-0.1, -0.05) is 28.0 Å². The van der Waals surface area contributed by atoms with E-state index in [-0.39, 0.29) is 5.88 Å². The summed E-state index contributed by atoms with van der Waals surface area (Å²) in [6, 6.07) is 1.75. The second-order valence-electron chi connectivity index (χ2n) is 6.28. The van der Waals surface area contributed by atoms with Crippen molar-refractivity contribution in [1.82, 2.24) is 19.7 Å². The molecule has 1 aliphatic heterocycles. The molecule has 0 saturated carbocycles. The maximum absolute atomic E-state index is 10.2. The lowest BCUT2D eigenvalue weighted by molar-refractivity contribution is 0.431. The molecular weight excluding hydrogens is 340 g/mol. The standard InChI is InChI=1S/C17H24N4OS2/c1-11-12(2)19-17(13(3)18-11)21-16(22)10-14(20-21)6-4-5-7-15-8-9-23-24-15/h10,15,22H,4-9H2,1-3H3. The average molecular weight is 365 g/mol. The lowest BCUT2D eigenvalue weighted by Crippen LogP contribution is -2.07. The van der Waals surface area contributed by atoms with E-state index in [0.717, 1.165) is 40.9 Å². The molecule has 3 rings (SSSR count). The molecule has 0 radical (unpaired) electrons. The van der Waals surface area contributed by atoms with Crippen LogP contribution < -0.4 is 0 Å². The molecule has 0 spiro atoms. The largest absolute Gasteiger partial charge is 0.493 e. The predicted molar refractivity (Wildman–Crippen MR) is 101 cm³/mol. The Balaban J connectivity index is 1.63. The normalized spacial score (nSPS) is 17.5. The zero-order chi connectivity index (χ0) is 17.1. The van der Waals surface area contributed by atoms with Gasteiger partial charge in [0, 0.05) is 17.1 Å². The summed E-state index contributed by atoms with van der Waals surface area (Å²) in [5.74, 6) is 2.04. The molecule has 0 bridgehead atoms. The van der Waals surface area contributed by atoms with Crippen LogP contribution >= 0.6 is 21.6 Å². The molecule has 2 aromatic rings. The predicted octanol–water partition coefficient (Wildman–Crippen LogP) is 4.16. The molecule has 1 unspecified atom stereocenters. The molecule has 1 aliphatic rings. The third kappa shape index (κ3) is 4.06. The minimum absolute atomic E-state index is 0.133. The summed E-state index contributed by atoms with van der Waals surface area (Å²) in [5, 5.41) is 15.6. The van der Waals surface area contributed by atoms with Crippen LogP contribution in [-0.2, 0) is 6.42 Å². The second-order valence-corrected chi connectivity index (χ2v) is 9.07. The number of nitrogens with zero attached hydrogens (tertiary/aromatic N) is 4. The number of rotatable bonds is 6. The van der Waals surface area contributed by atoms with Crippen LogP contribution in [0.15, 0.2) is 6.07 Å². The van der Waals surface area contributed by atoms with Gasteiger partial charge in [-0.15, -0.1) is 0 Å². The van der Waals surface area contributed by atoms with Crippen molar-refractivity contribution >= 4 is 21.6 Å². The summed E-state index contributed by atoms with van der Waals surface area (Å²) in [6.07, 6.45) is 5.84. The van der Waals surface area contributed by atoms with Gasteiger partial charge in [-0.05, 0) is 46.5 Å². The van der Waals surface area contributed by atoms with Crippen molar-refractivity contribution in [3.05, 3.63) is 28.8 Å². The number of aryl methyl sites for hydroxylation is 4. The van der Waals surface area contributed by atoms with Crippen molar-refractivity contribution in [3.8, 4) is 11.7 Å². The van der Waals surface area contributed by atoms with Crippen molar-refractivity contribution in [2.24, 2.45) is 0 Å². The summed E-state index contributed by atoms with van der Waals surface area (Å²) < 4.78 is 1.51. The maximum atomic E-state index is 10.2. The first-order valence-electron chi connectivity index (χ1n) is 8.43. The molecule has 1 saturated heterocycles. The number of hydrogen-bond acceptors (Lipinski definition) is 6. The van der Waals surface area contributed by atoms with Crippen molar-refractivity contribution in [1.29, 1.82) is 0 Å². The zero-order valence-electron chi connectivity index (χ0n) is 14.4. The number of unbranched alkanes of at least 4 members (excludes halogenated alkanes) is 1. The van der Waals surface area contributed by atoms with E-state index in [1.54, 1.807) is 6.07 Å². The molecule has 130 valence electrons. The molecule has 5 nitrogen and oxygen atoms in total. The van der Waals surface area contributed by atoms with E-state index in [1.165, 1.54) is 29.7 Å². The third-order valence-electron chi connectivity index (χ3n) is 4.33. The Morgan fingerprint density at radius 1 is 1.17 bits per heavy atom. The molecule has 24 heavy (non-hydrogen) atoms. The Labute approximate surface area is 151 Å². The van der Waals surface area contributed by atoms with Crippen molar-refractivity contribution in [2.45, 2.75) is 58.1 Å². The van der Waals surface area contributed by atoms with Crippen molar-refractivity contribution in [3.63, 3.8) is 0 Å². The summed E-state index contributed by atoms with van der Waals surface area (Å²) in [4.78, 5) is 9.02. The quantitative estimate of drug-likeness (QED) is 0.613. The first-order chi connectivity index (χ1) is 11.5. The Kier molecular flexibility index (Phi) is 5.71. The van der Waals surface area contributed by atoms with Gasteiger partial charge in [0.05, 0.1) is 22.8 Å². The molecule has 0 amide bonds. The van der Waals surface area contributed by atoms with Gasteiger partial charge in [0.1, 0.15) is 0 Å². The summed E-state index contributed by atoms with van der Waals surface area (Å²) >= 11 is 0. The molecular formula is C17H24N4OS2. The minimum atomic E-state index is 0.133. The van der Waals surface area contributed by atoms with Gasteiger partial charge in [0.25, 0.3) is 0 Å². The van der Waals surface area contributed by atoms with E-state index >= 15 is 0 Å². The average Bonchev–Trinajstić information content (AvgIpc) is 3.17. The lowest BCUT2D eigenvalue weighted by atomic mass is 10.1. The number of aromatic nitrogens is 4. The molecule has 1 N–H and O–H groups in total. The SMILES string of the molecule is Cc1nc(C)c(-n2nc(CCCCC3CCSS3)cc2O)nc1C. The first kappa shape index (κ1) is 17.6. The summed E-state index contributed by atoms with van der Waals surface area (Å²) in [7, 11) is 4.04. The highest BCUT2D eigenvalue weighted by molar-refractivity contribution is 8.77. The monoisotopic (exact) mass is 364 g/mol. The fraction of sp³-hybridized carbons (Fsp3) is 0.588. The zero-order valence-corrected chi connectivity index (χ0v) is 16.1. The van der Waals surface area contributed by atoms with E-state index < -0.39 is 0 Å². The Hall–Kier alpha value is -1.21. The van der Waals surface area contributed by atoms with E-state index in [2.05, 4.69) is 15.1 Å². The molecule has 1 fully saturated rings. The Morgan fingerprint density at radius 3 is 2.71 bits per heavy atom. The van der Waals surface area contributed by atoms with Crippen molar-refractivity contribution < 1.29 is 5.11 Å². The van der Waals surface area contributed by atoms with Gasteiger partial charge in [0.2, 0.25) is 5.88 Å². The highest BCUT2D eigenvalue weighted by atomic mass is 33.1. The van der Waals surface area contributed by atoms with Crippen LogP contribution in [0.2, 0.25) is 0 Å². The van der Waals surface area contributed by atoms with Crippen LogP contribution in [-0.4, -0.2) is 35.9 Å². The van der Waals surface area contributed by atoms with Gasteiger partial charge >= 0.3 is 0 Å². The second kappa shape index (κ2) is 7.78. The number of hydrogen-bond donors (Lipinski definition) is 1. The molecule has 0 aliphatic carbocycles. The van der Waals surface area contributed by atoms with E-state index in [0.29, 0.717) is 5.82 Å². The van der Waals surface area contributed by atoms with Gasteiger partial charge in [-0.3, -0.25) is 4.98 Å². The van der Waals surface area contributed by atoms with Crippen LogP contribution in [0.3, 0.4) is 0 Å². The topological polar surface area (TPSA) is 63.8 Å². The molecule has 0 aromatic carbocycles. The summed E-state index contributed by atoms with van der Waals surface area (Å²) in [5.41, 5.74) is 3.46. The van der Waals surface area contributed by atoms with E-state index in [4.69, 9.17) is 0 Å². The van der Waals surface area contributed by atoms with Crippen LogP contribution in [0.25, 0.3) is 5.82 Å². The Morgan fingerprint density at radius 2 is 1.96 bits per heavy atom. The number of aromatic hydroxyl groups is 1. The van der Waals surface area contributed by atoms with Crippen LogP contribution in [0.4, 0.5) is 0 Å². The molecule has 7 heteroatoms. The summed E-state index contributed by atoms with van der Waals surface area (Å²) in [6.45, 7) is 5.76. The van der Waals surface area contributed by atoms with Crippen LogP contribution in [0.5, 0.6) is 5.88 Å². The molecule has 1 atom stereocenters. The fourth-order valence-electron chi connectivity index (χ4n) is 2.84. The van der Waals surface area contributed by atoms with Crippen LogP contribution in [0, 0.1) is 20.8 Å². The van der Waals surface area contributed by atoms with Gasteiger partial charge in [-0.2, -0.15) is 9.78 Å². The van der Waals surface area contributed by atoms with Gasteiger partial charge in [0.15, 0.2) is 5.82 Å². The molecule has 3 heterocycles. The third-order valence-corrected chi connectivity index (χ3v) is 7.34. The van der Waals surface area contributed by atoms with E-state index in [9.17, 15) is 5.11 Å². The van der Waals surface area contributed by atoms with Crippen molar-refractivity contribution in [2.75, 3.05) is 5.75 Å². The molecule has 2 aromatic heterocycles. The fourth-order valence-corrected chi connectivity index (χ4v) is 5.87. The Bertz CT molecular complexity index is 711. The van der Waals surface area contributed by atoms with Crippen LogP contribution in [0.1, 0.15) is 48.5 Å². The smallest absolute Gasteiger partial charge is 0.215 e. The minimum Gasteiger partial charge on any atom is -0.493 e.